The topological polar surface area (TPSA) is 73.2 Å². The van der Waals surface area contributed by atoms with Crippen LogP contribution in [0.1, 0.15) is 36.2 Å². The molecule has 1 rings (SSSR count). The summed E-state index contributed by atoms with van der Waals surface area (Å²) in [5.41, 5.74) is 0.934. The summed E-state index contributed by atoms with van der Waals surface area (Å²) in [5.74, 6) is -0.133. The van der Waals surface area contributed by atoms with Crippen LogP contribution in [0.3, 0.4) is 0 Å². The summed E-state index contributed by atoms with van der Waals surface area (Å²) in [7, 11) is 3.34. The highest BCUT2D eigenvalue weighted by Gasteiger charge is 2.23. The van der Waals surface area contributed by atoms with Gasteiger partial charge >= 0.3 is 0 Å². The van der Waals surface area contributed by atoms with Crippen LogP contribution in [-0.4, -0.2) is 36.9 Å². The Morgan fingerprint density at radius 1 is 1.24 bits per heavy atom. The Hall–Kier alpha value is -2.35. The lowest BCUT2D eigenvalue weighted by atomic mass is 10.0. The van der Waals surface area contributed by atoms with Gasteiger partial charge in [0, 0.05) is 19.7 Å². The quantitative estimate of drug-likeness (QED) is 0.897. The van der Waals surface area contributed by atoms with E-state index in [2.05, 4.69) is 5.32 Å². The Labute approximate surface area is 125 Å². The maximum Gasteiger partial charge on any atom is 0.251 e. The van der Waals surface area contributed by atoms with E-state index >= 15 is 0 Å². The van der Waals surface area contributed by atoms with Crippen LogP contribution in [0.2, 0.25) is 0 Å². The molecule has 0 heterocycles. The summed E-state index contributed by atoms with van der Waals surface area (Å²) in [6, 6.07) is 7.80. The minimum Gasteiger partial charge on any atom is -0.347 e. The molecule has 0 saturated heterocycles. The van der Waals surface area contributed by atoms with Crippen molar-refractivity contribution in [2.24, 2.45) is 5.92 Å². The zero-order valence-corrected chi connectivity index (χ0v) is 12.9. The third kappa shape index (κ3) is 4.92. The van der Waals surface area contributed by atoms with Crippen molar-refractivity contribution in [3.05, 3.63) is 35.4 Å². The van der Waals surface area contributed by atoms with Gasteiger partial charge in [0.15, 0.2) is 0 Å². The summed E-state index contributed by atoms with van der Waals surface area (Å²) >= 11 is 0. The van der Waals surface area contributed by atoms with Crippen LogP contribution in [0, 0.1) is 17.2 Å². The Morgan fingerprint density at radius 3 is 2.24 bits per heavy atom. The number of carbonyl (C=O) groups is 2. The number of nitriles is 1. The number of nitrogens with one attached hydrogen (secondary N) is 1. The minimum atomic E-state index is -0.539. The average molecular weight is 287 g/mol. The maximum absolute atomic E-state index is 12.2. The highest BCUT2D eigenvalue weighted by Crippen LogP contribution is 2.09. The van der Waals surface area contributed by atoms with Crippen molar-refractivity contribution in [1.82, 2.24) is 10.2 Å². The molecule has 0 unspecified atom stereocenters. The molecular formula is C16H21N3O2. The molecule has 1 aromatic rings. The van der Waals surface area contributed by atoms with Crippen molar-refractivity contribution < 1.29 is 9.59 Å². The summed E-state index contributed by atoms with van der Waals surface area (Å²) < 4.78 is 0. The highest BCUT2D eigenvalue weighted by molar-refractivity contribution is 5.97. The minimum absolute atomic E-state index is 0.120. The molecule has 0 aliphatic heterocycles. The molecule has 0 aromatic heterocycles. The third-order valence-corrected chi connectivity index (χ3v) is 3.03. The number of benzene rings is 1. The fourth-order valence-corrected chi connectivity index (χ4v) is 1.94. The lowest BCUT2D eigenvalue weighted by Crippen LogP contribution is -2.46. The van der Waals surface area contributed by atoms with Gasteiger partial charge in [-0.3, -0.25) is 9.59 Å². The van der Waals surface area contributed by atoms with Crippen LogP contribution < -0.4 is 5.32 Å². The molecule has 1 N–H and O–H groups in total. The molecule has 1 atom stereocenters. The molecule has 21 heavy (non-hydrogen) atoms. The first-order valence-electron chi connectivity index (χ1n) is 6.87. The van der Waals surface area contributed by atoms with E-state index in [1.165, 1.54) is 4.90 Å². The largest absolute Gasteiger partial charge is 0.347 e. The van der Waals surface area contributed by atoms with Gasteiger partial charge in [0.1, 0.15) is 6.04 Å². The van der Waals surface area contributed by atoms with E-state index in [4.69, 9.17) is 5.26 Å². The van der Waals surface area contributed by atoms with Gasteiger partial charge in [-0.1, -0.05) is 13.8 Å². The smallest absolute Gasteiger partial charge is 0.251 e. The Bertz CT molecular complexity index is 542. The molecule has 0 spiro atoms. The molecule has 112 valence electrons. The third-order valence-electron chi connectivity index (χ3n) is 3.03. The van der Waals surface area contributed by atoms with E-state index in [0.29, 0.717) is 23.5 Å². The predicted octanol–water partition coefficient (Wildman–Crippen LogP) is 1.79. The van der Waals surface area contributed by atoms with Gasteiger partial charge in [-0.2, -0.15) is 5.26 Å². The molecule has 0 fully saturated rings. The summed E-state index contributed by atoms with van der Waals surface area (Å²) in [4.78, 5) is 25.8. The maximum atomic E-state index is 12.2. The van der Waals surface area contributed by atoms with Gasteiger partial charge in [0.2, 0.25) is 5.91 Å². The fraction of sp³-hybridized carbons (Fsp3) is 0.438. The Balaban J connectivity index is 2.84. The standard InChI is InChI=1S/C16H21N3O2/c1-11(2)9-14(16(21)19(3)4)18-15(20)13-7-5-12(10-17)6-8-13/h5-8,11,14H,9H2,1-4H3,(H,18,20)/t14-/m0/s1. The highest BCUT2D eigenvalue weighted by atomic mass is 16.2. The van der Waals surface area contributed by atoms with Crippen molar-refractivity contribution in [2.45, 2.75) is 26.3 Å². The van der Waals surface area contributed by atoms with Crippen molar-refractivity contribution in [1.29, 1.82) is 5.26 Å². The normalized spacial score (nSPS) is 11.6. The van der Waals surface area contributed by atoms with Crippen LogP contribution in [0.15, 0.2) is 24.3 Å². The first-order valence-corrected chi connectivity index (χ1v) is 6.87. The van der Waals surface area contributed by atoms with Gasteiger partial charge in [-0.15, -0.1) is 0 Å². The van der Waals surface area contributed by atoms with Crippen molar-refractivity contribution in [2.75, 3.05) is 14.1 Å². The van der Waals surface area contributed by atoms with Crippen LogP contribution in [0.25, 0.3) is 0 Å². The molecule has 5 heteroatoms. The van der Waals surface area contributed by atoms with Crippen molar-refractivity contribution in [3.8, 4) is 6.07 Å². The Morgan fingerprint density at radius 2 is 1.81 bits per heavy atom. The zero-order valence-electron chi connectivity index (χ0n) is 12.9. The summed E-state index contributed by atoms with van der Waals surface area (Å²) in [6.45, 7) is 4.01. The summed E-state index contributed by atoms with van der Waals surface area (Å²) in [5, 5.41) is 11.5. The molecule has 0 aliphatic carbocycles. The van der Waals surface area contributed by atoms with Gasteiger partial charge in [-0.25, -0.2) is 0 Å². The van der Waals surface area contributed by atoms with E-state index in [1.807, 2.05) is 19.9 Å². The molecule has 2 amide bonds. The van der Waals surface area contributed by atoms with Crippen molar-refractivity contribution in [3.63, 3.8) is 0 Å². The van der Waals surface area contributed by atoms with Crippen LogP contribution in [-0.2, 0) is 4.79 Å². The molecular weight excluding hydrogens is 266 g/mol. The Kier molecular flexibility index (Phi) is 5.92. The summed E-state index contributed by atoms with van der Waals surface area (Å²) in [6.07, 6.45) is 0.582. The van der Waals surface area contributed by atoms with E-state index in [-0.39, 0.29) is 11.8 Å². The van der Waals surface area contributed by atoms with E-state index < -0.39 is 6.04 Å². The second-order valence-electron chi connectivity index (χ2n) is 5.58. The molecule has 0 bridgehead atoms. The van der Waals surface area contributed by atoms with Gasteiger partial charge < -0.3 is 10.2 Å². The van der Waals surface area contributed by atoms with Gasteiger partial charge in [-0.05, 0) is 36.6 Å². The first-order chi connectivity index (χ1) is 9.85. The molecule has 0 saturated carbocycles. The number of likely N-dealkylation sites (N-methyl/N-ethyl adjacent to an activating group) is 1. The average Bonchev–Trinajstić information content (AvgIpc) is 2.45. The lowest BCUT2D eigenvalue weighted by molar-refractivity contribution is -0.131. The molecule has 0 radical (unpaired) electrons. The van der Waals surface area contributed by atoms with Gasteiger partial charge in [0.25, 0.3) is 5.91 Å². The number of amides is 2. The fourth-order valence-electron chi connectivity index (χ4n) is 1.94. The first kappa shape index (κ1) is 16.7. The molecule has 1 aromatic carbocycles. The molecule has 5 nitrogen and oxygen atoms in total. The number of carbonyl (C=O) groups excluding carboxylic acids is 2. The van der Waals surface area contributed by atoms with Crippen LogP contribution in [0.5, 0.6) is 0 Å². The van der Waals surface area contributed by atoms with Gasteiger partial charge in [0.05, 0.1) is 11.6 Å². The lowest BCUT2D eigenvalue weighted by Gasteiger charge is -2.23. The number of hydrogen-bond acceptors (Lipinski definition) is 3. The number of rotatable bonds is 5. The molecule has 0 aliphatic rings. The number of nitrogens with zero attached hydrogens (tertiary/aromatic N) is 2. The van der Waals surface area contributed by atoms with E-state index in [0.717, 1.165) is 0 Å². The predicted molar refractivity (Wildman–Crippen MR) is 80.6 cm³/mol. The second kappa shape index (κ2) is 7.44. The van der Waals surface area contributed by atoms with Crippen LogP contribution >= 0.6 is 0 Å². The van der Waals surface area contributed by atoms with E-state index in [9.17, 15) is 9.59 Å². The van der Waals surface area contributed by atoms with Crippen LogP contribution in [0.4, 0.5) is 0 Å². The van der Waals surface area contributed by atoms with E-state index in [1.54, 1.807) is 38.4 Å². The van der Waals surface area contributed by atoms with Crippen molar-refractivity contribution >= 4 is 11.8 Å². The zero-order chi connectivity index (χ0) is 16.0. The second-order valence-corrected chi connectivity index (χ2v) is 5.58. The SMILES string of the molecule is CC(C)C[C@H](NC(=O)c1ccc(C#N)cc1)C(=O)N(C)C. The number of hydrogen-bond donors (Lipinski definition) is 1. The monoisotopic (exact) mass is 287 g/mol.